The van der Waals surface area contributed by atoms with Gasteiger partial charge in [-0.05, 0) is 86.5 Å². The number of carbonyl (C=O) groups excluding carboxylic acids is 1. The van der Waals surface area contributed by atoms with Gasteiger partial charge < -0.3 is 20.4 Å². The first kappa shape index (κ1) is 34.3. The zero-order chi connectivity index (χ0) is 31.7. The van der Waals surface area contributed by atoms with Crippen LogP contribution in [0.5, 0.6) is 0 Å². The largest absolute Gasteiger partial charge is 0.394 e. The second-order valence-electron chi connectivity index (χ2n) is 15.9. The van der Waals surface area contributed by atoms with E-state index in [-0.39, 0.29) is 24.0 Å². The summed E-state index contributed by atoms with van der Waals surface area (Å²) in [5.74, 6) is 1.04. The van der Waals surface area contributed by atoms with Crippen LogP contribution in [0.3, 0.4) is 0 Å². The highest BCUT2D eigenvalue weighted by atomic mass is 16.7. The van der Waals surface area contributed by atoms with Crippen molar-refractivity contribution in [1.29, 1.82) is 0 Å². The molecule has 2 bridgehead atoms. The summed E-state index contributed by atoms with van der Waals surface area (Å²) in [4.78, 5) is 24.9. The number of nitrogens with one attached hydrogen (secondary N) is 1. The molecule has 8 nitrogen and oxygen atoms in total. The van der Waals surface area contributed by atoms with Gasteiger partial charge in [-0.15, -0.1) is 0 Å². The fourth-order valence-electron chi connectivity index (χ4n) is 7.85. The lowest BCUT2D eigenvalue weighted by Crippen LogP contribution is -2.62. The minimum absolute atomic E-state index is 0.106. The van der Waals surface area contributed by atoms with Crippen LogP contribution in [-0.4, -0.2) is 95.6 Å². The molecule has 1 aliphatic heterocycles. The maximum absolute atomic E-state index is 14.0. The van der Waals surface area contributed by atoms with Gasteiger partial charge in [-0.2, -0.15) is 5.06 Å². The SMILES string of the molecule is C[C@H](O)[C@@H]1[C@H](CO)ON(Cc2cccc(CN(CCN(C)C)CCC(C)(C)C)c2)[C@@H]1C(=O)N[C@H]1CC2CC([C@H]1C)C2(C)C. The Morgan fingerprint density at radius 2 is 1.86 bits per heavy atom. The van der Waals surface area contributed by atoms with Crippen molar-refractivity contribution in [3.63, 3.8) is 0 Å². The minimum atomic E-state index is -0.798. The summed E-state index contributed by atoms with van der Waals surface area (Å²) in [5.41, 5.74) is 2.90. The molecule has 3 saturated carbocycles. The summed E-state index contributed by atoms with van der Waals surface area (Å²) in [7, 11) is 4.23. The summed E-state index contributed by atoms with van der Waals surface area (Å²) in [6.45, 7) is 19.6. The van der Waals surface area contributed by atoms with Crippen molar-refractivity contribution in [2.75, 3.05) is 40.3 Å². The van der Waals surface area contributed by atoms with Crippen molar-refractivity contribution in [2.45, 2.75) is 105 Å². The van der Waals surface area contributed by atoms with Crippen molar-refractivity contribution in [3.8, 4) is 0 Å². The molecule has 0 spiro atoms. The zero-order valence-corrected chi connectivity index (χ0v) is 28.3. The van der Waals surface area contributed by atoms with Gasteiger partial charge in [0, 0.05) is 31.6 Å². The Kier molecular flexibility index (Phi) is 11.0. The van der Waals surface area contributed by atoms with Crippen LogP contribution < -0.4 is 5.32 Å². The third kappa shape index (κ3) is 8.19. The second-order valence-corrected chi connectivity index (χ2v) is 15.9. The van der Waals surface area contributed by atoms with Crippen molar-refractivity contribution in [2.24, 2.45) is 34.5 Å². The van der Waals surface area contributed by atoms with Gasteiger partial charge in [-0.25, -0.2) is 0 Å². The van der Waals surface area contributed by atoms with Crippen LogP contribution >= 0.6 is 0 Å². The average molecular weight is 601 g/mol. The molecular formula is C35H60N4O4. The molecule has 3 N–H and O–H groups in total. The smallest absolute Gasteiger partial charge is 0.240 e. The summed E-state index contributed by atoms with van der Waals surface area (Å²) in [6, 6.07) is 7.98. The van der Waals surface area contributed by atoms with E-state index >= 15 is 0 Å². The number of likely N-dealkylation sites (N-methyl/N-ethyl adjacent to an activating group) is 1. The van der Waals surface area contributed by atoms with Crippen LogP contribution in [0.2, 0.25) is 0 Å². The highest BCUT2D eigenvalue weighted by Gasteiger charge is 2.57. The van der Waals surface area contributed by atoms with E-state index in [9.17, 15) is 15.0 Å². The molecule has 2 unspecified atom stereocenters. The fourth-order valence-corrected chi connectivity index (χ4v) is 7.85. The summed E-state index contributed by atoms with van der Waals surface area (Å²) in [5, 5.41) is 26.0. The van der Waals surface area contributed by atoms with Crippen LogP contribution in [0.1, 0.15) is 78.9 Å². The van der Waals surface area contributed by atoms with Gasteiger partial charge in [-0.1, -0.05) is 65.8 Å². The molecule has 3 aliphatic carbocycles. The molecule has 0 radical (unpaired) electrons. The molecule has 8 atom stereocenters. The number of amides is 1. The van der Waals surface area contributed by atoms with Gasteiger partial charge in [0.1, 0.15) is 12.1 Å². The van der Waals surface area contributed by atoms with Crippen LogP contribution in [0.4, 0.5) is 0 Å². The van der Waals surface area contributed by atoms with E-state index in [1.54, 1.807) is 12.0 Å². The molecule has 1 heterocycles. The topological polar surface area (TPSA) is 88.5 Å². The monoisotopic (exact) mass is 600 g/mol. The van der Waals surface area contributed by atoms with Gasteiger partial charge in [0.05, 0.1) is 19.3 Å². The Morgan fingerprint density at radius 1 is 1.16 bits per heavy atom. The highest BCUT2D eigenvalue weighted by molar-refractivity contribution is 5.82. The first-order valence-electron chi connectivity index (χ1n) is 16.6. The predicted molar refractivity (Wildman–Crippen MR) is 172 cm³/mol. The standard InChI is InChI=1S/C35H60N4O4/c1-23-28-18-27(35(28,6)7)19-29(23)36-33(42)32-31(24(2)41)30(22-40)43-39(32)21-26-12-10-11-25(17-26)20-38(16-15-37(8)9)14-13-34(3,4)5/h10-12,17,23-24,27-32,40-41H,13-16,18-22H2,1-9H3,(H,36,42)/t23-,24+,27?,28?,29+,30+,31-,32+/m1/s1. The van der Waals surface area contributed by atoms with E-state index in [0.717, 1.165) is 44.6 Å². The number of nitrogens with zero attached hydrogens (tertiary/aromatic N) is 3. The van der Waals surface area contributed by atoms with Crippen LogP contribution in [0.15, 0.2) is 24.3 Å². The number of carbonyl (C=O) groups is 1. The van der Waals surface area contributed by atoms with E-state index in [1.807, 2.05) is 0 Å². The van der Waals surface area contributed by atoms with E-state index in [4.69, 9.17) is 4.84 Å². The minimum Gasteiger partial charge on any atom is -0.394 e. The predicted octanol–water partition coefficient (Wildman–Crippen LogP) is 4.15. The Hall–Kier alpha value is -1.55. The van der Waals surface area contributed by atoms with Gasteiger partial charge in [0.25, 0.3) is 0 Å². The molecule has 1 amide bonds. The zero-order valence-electron chi connectivity index (χ0n) is 28.3. The van der Waals surface area contributed by atoms with E-state index in [1.165, 1.54) is 12.0 Å². The molecular weight excluding hydrogens is 540 g/mol. The molecule has 1 aromatic carbocycles. The first-order chi connectivity index (χ1) is 20.1. The summed E-state index contributed by atoms with van der Waals surface area (Å²) >= 11 is 0. The average Bonchev–Trinajstić information content (AvgIpc) is 3.29. The van der Waals surface area contributed by atoms with Crippen molar-refractivity contribution >= 4 is 5.91 Å². The Bertz CT molecular complexity index is 1070. The number of rotatable bonds is 13. The lowest BCUT2D eigenvalue weighted by Gasteiger charge is -2.62. The molecule has 0 aromatic heterocycles. The van der Waals surface area contributed by atoms with Gasteiger partial charge in [-0.3, -0.25) is 14.5 Å². The molecule has 5 rings (SSSR count). The third-order valence-electron chi connectivity index (χ3n) is 10.8. The Balaban J connectivity index is 1.48. The van der Waals surface area contributed by atoms with Crippen LogP contribution in [0, 0.1) is 34.5 Å². The molecule has 4 aliphatic rings. The summed E-state index contributed by atoms with van der Waals surface area (Å²) < 4.78 is 0. The molecule has 4 fully saturated rings. The number of hydrogen-bond donors (Lipinski definition) is 3. The van der Waals surface area contributed by atoms with Crippen molar-refractivity contribution in [1.82, 2.24) is 20.2 Å². The van der Waals surface area contributed by atoms with Gasteiger partial charge in [0.2, 0.25) is 5.91 Å². The summed E-state index contributed by atoms with van der Waals surface area (Å²) in [6.07, 6.45) is 1.94. The Labute approximate surface area is 261 Å². The van der Waals surface area contributed by atoms with E-state index in [2.05, 4.69) is 95.0 Å². The molecule has 1 aromatic rings. The van der Waals surface area contributed by atoms with Gasteiger partial charge in [0.15, 0.2) is 0 Å². The molecule has 244 valence electrons. The maximum Gasteiger partial charge on any atom is 0.240 e. The van der Waals surface area contributed by atoms with Crippen molar-refractivity contribution < 1.29 is 19.8 Å². The highest BCUT2D eigenvalue weighted by Crippen LogP contribution is 2.61. The number of hydrogen-bond acceptors (Lipinski definition) is 7. The second kappa shape index (κ2) is 13.8. The van der Waals surface area contributed by atoms with Gasteiger partial charge >= 0.3 is 0 Å². The molecule has 1 saturated heterocycles. The Morgan fingerprint density at radius 3 is 2.44 bits per heavy atom. The number of aliphatic hydroxyl groups is 2. The quantitative estimate of drug-likeness (QED) is 0.314. The van der Waals surface area contributed by atoms with E-state index < -0.39 is 24.2 Å². The van der Waals surface area contributed by atoms with Crippen molar-refractivity contribution in [3.05, 3.63) is 35.4 Å². The number of benzene rings is 1. The normalized spacial score (nSPS) is 31.3. The first-order valence-corrected chi connectivity index (χ1v) is 16.6. The van der Waals surface area contributed by atoms with Crippen LogP contribution in [0.25, 0.3) is 0 Å². The third-order valence-corrected chi connectivity index (χ3v) is 10.8. The lowest BCUT2D eigenvalue weighted by molar-refractivity contribution is -0.183. The lowest BCUT2D eigenvalue weighted by atomic mass is 9.45. The number of fused-ring (bicyclic) bond motifs is 2. The van der Waals surface area contributed by atoms with Crippen LogP contribution in [-0.2, 0) is 22.7 Å². The fraction of sp³-hybridized carbons (Fsp3) is 0.800. The number of hydroxylamine groups is 2. The number of aliphatic hydroxyl groups excluding tert-OH is 2. The molecule has 43 heavy (non-hydrogen) atoms. The van der Waals surface area contributed by atoms with E-state index in [0.29, 0.717) is 29.7 Å². The maximum atomic E-state index is 14.0. The molecule has 8 heteroatoms.